The van der Waals surface area contributed by atoms with Crippen molar-refractivity contribution in [3.8, 4) is 0 Å². The van der Waals surface area contributed by atoms with Crippen LogP contribution in [0.15, 0.2) is 36.5 Å². The first-order valence-electron chi connectivity index (χ1n) is 5.76. The summed E-state index contributed by atoms with van der Waals surface area (Å²) in [7, 11) is 0. The van der Waals surface area contributed by atoms with Gasteiger partial charge in [-0.15, -0.1) is 5.10 Å². The number of benzene rings is 1. The molecule has 0 aliphatic carbocycles. The molecule has 7 heteroatoms. The molecular weight excluding hydrogens is 248 g/mol. The van der Waals surface area contributed by atoms with Crippen molar-refractivity contribution < 1.29 is 15.0 Å². The van der Waals surface area contributed by atoms with Gasteiger partial charge in [-0.05, 0) is 12.1 Å². The lowest BCUT2D eigenvalue weighted by Crippen LogP contribution is -2.20. The highest BCUT2D eigenvalue weighted by Crippen LogP contribution is 2.17. The van der Waals surface area contributed by atoms with Crippen LogP contribution in [0.4, 0.5) is 5.69 Å². The fourth-order valence-corrected chi connectivity index (χ4v) is 1.62. The van der Waals surface area contributed by atoms with Crippen LogP contribution in [0.3, 0.4) is 0 Å². The Balaban J connectivity index is 2.17. The molecule has 0 spiro atoms. The molecule has 1 heterocycles. The molecule has 0 radical (unpaired) electrons. The molecule has 0 aliphatic heterocycles. The first-order chi connectivity index (χ1) is 9.20. The van der Waals surface area contributed by atoms with Crippen LogP contribution in [0.25, 0.3) is 0 Å². The molecule has 0 bridgehead atoms. The van der Waals surface area contributed by atoms with Gasteiger partial charge in [-0.3, -0.25) is 0 Å². The largest absolute Gasteiger partial charge is 0.479 e. The molecule has 0 saturated heterocycles. The Labute approximate surface area is 109 Å². The van der Waals surface area contributed by atoms with E-state index >= 15 is 0 Å². The molecule has 2 aromatic rings. The summed E-state index contributed by atoms with van der Waals surface area (Å²) >= 11 is 0. The third-order valence-electron chi connectivity index (χ3n) is 2.51. The van der Waals surface area contributed by atoms with Crippen LogP contribution in [-0.4, -0.2) is 37.8 Å². The highest BCUT2D eigenvalue weighted by molar-refractivity contribution is 5.78. The summed E-state index contributed by atoms with van der Waals surface area (Å²) in [6, 6.07) is 8.03. The van der Waals surface area contributed by atoms with Crippen molar-refractivity contribution in [2.45, 2.75) is 12.6 Å². The van der Waals surface area contributed by atoms with Gasteiger partial charge in [-0.1, -0.05) is 23.4 Å². The lowest BCUT2D eigenvalue weighted by atomic mass is 10.2. The van der Waals surface area contributed by atoms with Gasteiger partial charge in [-0.25, -0.2) is 9.48 Å². The van der Waals surface area contributed by atoms with Crippen molar-refractivity contribution in [2.24, 2.45) is 0 Å². The molecule has 3 N–H and O–H groups in total. The quantitative estimate of drug-likeness (QED) is 0.701. The van der Waals surface area contributed by atoms with Crippen LogP contribution in [0.2, 0.25) is 0 Å². The molecule has 0 aliphatic rings. The standard InChI is InChI=1S/C12H14N4O3/c17-7-6-16-8-10(14-15-16)11(12(18)19)13-9-4-2-1-3-5-9/h1-5,8,11,13,17H,6-7H2,(H,18,19). The number of hydrogen-bond acceptors (Lipinski definition) is 5. The summed E-state index contributed by atoms with van der Waals surface area (Å²) in [6.07, 6.45) is 1.50. The highest BCUT2D eigenvalue weighted by Gasteiger charge is 2.23. The van der Waals surface area contributed by atoms with Crippen molar-refractivity contribution in [1.82, 2.24) is 15.0 Å². The van der Waals surface area contributed by atoms with Gasteiger partial charge in [-0.2, -0.15) is 0 Å². The van der Waals surface area contributed by atoms with E-state index in [9.17, 15) is 9.90 Å². The minimum Gasteiger partial charge on any atom is -0.479 e. The third-order valence-corrected chi connectivity index (χ3v) is 2.51. The lowest BCUT2D eigenvalue weighted by Gasteiger charge is -2.12. The number of nitrogens with one attached hydrogen (secondary N) is 1. The Morgan fingerprint density at radius 3 is 2.74 bits per heavy atom. The molecule has 0 fully saturated rings. The van der Waals surface area contributed by atoms with Crippen LogP contribution in [0.1, 0.15) is 11.7 Å². The van der Waals surface area contributed by atoms with Gasteiger partial charge in [0.15, 0.2) is 6.04 Å². The maximum Gasteiger partial charge on any atom is 0.332 e. The molecule has 7 nitrogen and oxygen atoms in total. The van der Waals surface area contributed by atoms with Gasteiger partial charge in [0.25, 0.3) is 0 Å². The molecular formula is C12H14N4O3. The average molecular weight is 262 g/mol. The van der Waals surface area contributed by atoms with Gasteiger partial charge in [0, 0.05) is 5.69 Å². The number of aromatic nitrogens is 3. The SMILES string of the molecule is O=C(O)C(Nc1ccccc1)c1cn(CCO)nn1. The Morgan fingerprint density at radius 2 is 2.11 bits per heavy atom. The summed E-state index contributed by atoms with van der Waals surface area (Å²) < 4.78 is 1.40. The topological polar surface area (TPSA) is 100 Å². The van der Waals surface area contributed by atoms with Crippen molar-refractivity contribution >= 4 is 11.7 Å². The smallest absolute Gasteiger partial charge is 0.332 e. The summed E-state index contributed by atoms with van der Waals surface area (Å²) in [5, 5.41) is 28.5. The lowest BCUT2D eigenvalue weighted by molar-refractivity contribution is -0.138. The second-order valence-corrected chi connectivity index (χ2v) is 3.91. The molecule has 0 saturated carbocycles. The summed E-state index contributed by atoms with van der Waals surface area (Å²) in [6.45, 7) is 0.206. The zero-order valence-corrected chi connectivity index (χ0v) is 10.1. The normalized spacial score (nSPS) is 12.1. The van der Waals surface area contributed by atoms with Crippen molar-refractivity contribution in [1.29, 1.82) is 0 Å². The molecule has 0 amide bonds. The number of anilines is 1. The van der Waals surface area contributed by atoms with Gasteiger partial charge >= 0.3 is 5.97 Å². The fourth-order valence-electron chi connectivity index (χ4n) is 1.62. The Kier molecular flexibility index (Phi) is 4.09. The zero-order chi connectivity index (χ0) is 13.7. The average Bonchev–Trinajstić information content (AvgIpc) is 2.85. The first-order valence-corrected chi connectivity index (χ1v) is 5.76. The second kappa shape index (κ2) is 5.96. The first kappa shape index (κ1) is 13.0. The number of aliphatic carboxylic acids is 1. The number of carboxylic acids is 1. The molecule has 2 rings (SSSR count). The minimum absolute atomic E-state index is 0.0767. The van der Waals surface area contributed by atoms with E-state index < -0.39 is 12.0 Å². The number of para-hydroxylation sites is 1. The molecule has 100 valence electrons. The highest BCUT2D eigenvalue weighted by atomic mass is 16.4. The van der Waals surface area contributed by atoms with Gasteiger partial charge in [0.05, 0.1) is 19.3 Å². The fraction of sp³-hybridized carbons (Fsp3) is 0.250. The number of aliphatic hydroxyl groups excluding tert-OH is 1. The maximum absolute atomic E-state index is 11.3. The van der Waals surface area contributed by atoms with Crippen LogP contribution in [0.5, 0.6) is 0 Å². The van der Waals surface area contributed by atoms with E-state index in [2.05, 4.69) is 15.6 Å². The number of nitrogens with zero attached hydrogens (tertiary/aromatic N) is 3. The summed E-state index contributed by atoms with van der Waals surface area (Å²) in [4.78, 5) is 11.3. The molecule has 1 atom stereocenters. The zero-order valence-electron chi connectivity index (χ0n) is 10.1. The van der Waals surface area contributed by atoms with Gasteiger partial charge < -0.3 is 15.5 Å². The number of hydrogen-bond donors (Lipinski definition) is 3. The second-order valence-electron chi connectivity index (χ2n) is 3.91. The Morgan fingerprint density at radius 1 is 1.37 bits per heavy atom. The molecule has 1 unspecified atom stereocenters. The molecule has 19 heavy (non-hydrogen) atoms. The van der Waals surface area contributed by atoms with E-state index in [1.165, 1.54) is 10.9 Å². The predicted octanol–water partition coefficient (Wildman–Crippen LogP) is 0.508. The molecule has 1 aromatic carbocycles. The van der Waals surface area contributed by atoms with E-state index in [0.717, 1.165) is 0 Å². The van der Waals surface area contributed by atoms with Crippen molar-refractivity contribution in [3.05, 3.63) is 42.2 Å². The number of carboxylic acid groups (broad SMARTS) is 1. The summed E-state index contributed by atoms with van der Waals surface area (Å²) in [5.74, 6) is -1.04. The van der Waals surface area contributed by atoms with Crippen molar-refractivity contribution in [3.63, 3.8) is 0 Å². The van der Waals surface area contributed by atoms with E-state index in [4.69, 9.17) is 5.11 Å². The van der Waals surface area contributed by atoms with Crippen LogP contribution >= 0.6 is 0 Å². The number of aliphatic hydroxyl groups is 1. The predicted molar refractivity (Wildman–Crippen MR) is 67.5 cm³/mol. The Hall–Kier alpha value is -2.41. The van der Waals surface area contributed by atoms with E-state index in [1.807, 2.05) is 18.2 Å². The summed E-state index contributed by atoms with van der Waals surface area (Å²) in [5.41, 5.74) is 0.983. The number of rotatable bonds is 6. The van der Waals surface area contributed by atoms with Crippen LogP contribution in [-0.2, 0) is 11.3 Å². The Bertz CT molecular complexity index is 541. The minimum atomic E-state index is -1.04. The maximum atomic E-state index is 11.3. The molecule has 1 aromatic heterocycles. The third kappa shape index (κ3) is 3.29. The van der Waals surface area contributed by atoms with Gasteiger partial charge in [0.1, 0.15) is 5.69 Å². The van der Waals surface area contributed by atoms with Crippen LogP contribution in [0, 0.1) is 0 Å². The number of carbonyl (C=O) groups is 1. The monoisotopic (exact) mass is 262 g/mol. The van der Waals surface area contributed by atoms with E-state index in [1.54, 1.807) is 12.1 Å². The van der Waals surface area contributed by atoms with Crippen molar-refractivity contribution in [2.75, 3.05) is 11.9 Å². The van der Waals surface area contributed by atoms with Gasteiger partial charge in [0.2, 0.25) is 0 Å². The van der Waals surface area contributed by atoms with Crippen LogP contribution < -0.4 is 5.32 Å². The van der Waals surface area contributed by atoms with E-state index in [-0.39, 0.29) is 13.2 Å². The van der Waals surface area contributed by atoms with E-state index in [0.29, 0.717) is 11.4 Å².